The number of carbonyl (C=O) groups is 1. The smallest absolute Gasteiger partial charge is 0.348 e. The zero-order chi connectivity index (χ0) is 20.3. The van der Waals surface area contributed by atoms with Gasteiger partial charge in [-0.05, 0) is 31.0 Å². The molecule has 0 bridgehead atoms. The Morgan fingerprint density at radius 3 is 2.68 bits per heavy atom. The van der Waals surface area contributed by atoms with Gasteiger partial charge in [0.15, 0.2) is 0 Å². The van der Waals surface area contributed by atoms with E-state index in [1.165, 1.54) is 6.07 Å². The predicted octanol–water partition coefficient (Wildman–Crippen LogP) is 3.27. The molecule has 3 N–H and O–H groups in total. The summed E-state index contributed by atoms with van der Waals surface area (Å²) >= 11 is 12.1. The summed E-state index contributed by atoms with van der Waals surface area (Å²) in [6, 6.07) is 6.44. The van der Waals surface area contributed by atoms with Crippen LogP contribution < -0.4 is 15.9 Å². The molecule has 1 aliphatic carbocycles. The summed E-state index contributed by atoms with van der Waals surface area (Å²) in [6.45, 7) is 0.188. The first-order chi connectivity index (χ1) is 13.3. The summed E-state index contributed by atoms with van der Waals surface area (Å²) in [4.78, 5) is 32.1. The summed E-state index contributed by atoms with van der Waals surface area (Å²) in [7, 11) is 1.70. The van der Waals surface area contributed by atoms with Crippen molar-refractivity contribution in [1.29, 1.82) is 0 Å². The van der Waals surface area contributed by atoms with Crippen molar-refractivity contribution in [3.8, 4) is 0 Å². The second-order valence-electron chi connectivity index (χ2n) is 7.08. The number of hydrogen-bond acceptors (Lipinski definition) is 5. The van der Waals surface area contributed by atoms with Crippen LogP contribution in [0.4, 0.5) is 11.5 Å². The summed E-state index contributed by atoms with van der Waals surface area (Å²) in [5.74, 6) is -0.0323. The Hall–Kier alpha value is -2.09. The lowest BCUT2D eigenvalue weighted by Crippen LogP contribution is -2.44. The molecule has 0 spiro atoms. The van der Waals surface area contributed by atoms with Crippen LogP contribution in [-0.2, 0) is 0 Å². The Morgan fingerprint density at radius 2 is 2.00 bits per heavy atom. The first-order valence-corrected chi connectivity index (χ1v) is 9.84. The molecule has 1 amide bonds. The molecule has 1 heterocycles. The number of anilines is 2. The number of amides is 1. The lowest BCUT2D eigenvalue weighted by atomic mass is 9.85. The normalized spacial score (nSPS) is 15.9. The van der Waals surface area contributed by atoms with Gasteiger partial charge in [-0.2, -0.15) is 4.98 Å². The predicted molar refractivity (Wildman–Crippen MR) is 110 cm³/mol. The van der Waals surface area contributed by atoms with E-state index < -0.39 is 11.3 Å². The molecule has 0 unspecified atom stereocenters. The van der Waals surface area contributed by atoms with Gasteiger partial charge in [0.05, 0.1) is 16.2 Å². The highest BCUT2D eigenvalue weighted by atomic mass is 35.5. The molecule has 1 aliphatic rings. The van der Waals surface area contributed by atoms with Gasteiger partial charge < -0.3 is 15.3 Å². The third-order valence-corrected chi connectivity index (χ3v) is 5.52. The van der Waals surface area contributed by atoms with Crippen LogP contribution in [0.5, 0.6) is 0 Å². The minimum Gasteiger partial charge on any atom is -0.388 e. The van der Waals surface area contributed by atoms with E-state index >= 15 is 0 Å². The molecule has 1 fully saturated rings. The molecule has 7 nitrogen and oxygen atoms in total. The average Bonchev–Trinajstić information content (AvgIpc) is 2.66. The minimum atomic E-state index is -0.861. The number of carbonyl (C=O) groups excluding carboxylic acids is 1. The Bertz CT molecular complexity index is 926. The third kappa shape index (κ3) is 4.84. The van der Waals surface area contributed by atoms with E-state index in [2.05, 4.69) is 15.3 Å². The third-order valence-electron chi connectivity index (χ3n) is 4.99. The first kappa shape index (κ1) is 20.6. The van der Waals surface area contributed by atoms with Gasteiger partial charge in [-0.15, -0.1) is 0 Å². The van der Waals surface area contributed by atoms with Crippen molar-refractivity contribution < 1.29 is 9.90 Å². The standard InChI is InChI=1S/C19H22Cl2N4O3/c1-25(16-10-15(21)23-18(27)24-16)12-5-6-14(20)13(9-12)17(26)22-11-19(28)7-3-2-4-8-19/h5-6,9-10,28H,2-4,7-8,11H2,1H3,(H,22,26)(H,23,24,27). The van der Waals surface area contributed by atoms with Gasteiger partial charge in [0, 0.05) is 25.3 Å². The van der Waals surface area contributed by atoms with Crippen molar-refractivity contribution >= 4 is 40.6 Å². The molecule has 3 rings (SSSR count). The SMILES string of the molecule is CN(c1ccc(Cl)c(C(=O)NCC2(O)CCCCC2)c1)c1cc(Cl)[nH]c(=O)n1. The monoisotopic (exact) mass is 424 g/mol. The summed E-state index contributed by atoms with van der Waals surface area (Å²) in [5.41, 5.74) is -0.538. The Balaban J connectivity index is 1.78. The molecule has 28 heavy (non-hydrogen) atoms. The second kappa shape index (κ2) is 8.51. The van der Waals surface area contributed by atoms with E-state index in [1.54, 1.807) is 30.1 Å². The van der Waals surface area contributed by atoms with Crippen LogP contribution in [0.15, 0.2) is 29.1 Å². The largest absolute Gasteiger partial charge is 0.388 e. The molecule has 9 heteroatoms. The van der Waals surface area contributed by atoms with Crippen molar-refractivity contribution in [3.05, 3.63) is 50.5 Å². The topological polar surface area (TPSA) is 98.3 Å². The van der Waals surface area contributed by atoms with Crippen LogP contribution >= 0.6 is 23.2 Å². The van der Waals surface area contributed by atoms with Crippen LogP contribution in [-0.4, -0.2) is 40.2 Å². The lowest BCUT2D eigenvalue weighted by Gasteiger charge is -2.32. The highest BCUT2D eigenvalue weighted by Gasteiger charge is 2.29. The first-order valence-electron chi connectivity index (χ1n) is 9.08. The van der Waals surface area contributed by atoms with Gasteiger partial charge in [0.2, 0.25) is 0 Å². The Morgan fingerprint density at radius 1 is 1.29 bits per heavy atom. The Labute approximate surface area is 172 Å². The van der Waals surface area contributed by atoms with Gasteiger partial charge >= 0.3 is 5.69 Å². The van der Waals surface area contributed by atoms with Gasteiger partial charge in [-0.1, -0.05) is 42.5 Å². The molecule has 2 aromatic rings. The van der Waals surface area contributed by atoms with Crippen LogP contribution in [0.2, 0.25) is 10.2 Å². The number of rotatable bonds is 5. The van der Waals surface area contributed by atoms with Gasteiger partial charge in [0.25, 0.3) is 5.91 Å². The highest BCUT2D eigenvalue weighted by Crippen LogP contribution is 2.29. The average molecular weight is 425 g/mol. The molecule has 1 saturated carbocycles. The number of hydrogen-bond donors (Lipinski definition) is 3. The van der Waals surface area contributed by atoms with E-state index in [1.807, 2.05) is 0 Å². The maximum Gasteiger partial charge on any atom is 0.348 e. The molecule has 0 atom stereocenters. The van der Waals surface area contributed by atoms with Gasteiger partial charge in [-0.3, -0.25) is 9.78 Å². The van der Waals surface area contributed by atoms with E-state index in [9.17, 15) is 14.7 Å². The van der Waals surface area contributed by atoms with Gasteiger partial charge in [0.1, 0.15) is 11.0 Å². The van der Waals surface area contributed by atoms with Crippen molar-refractivity contribution in [2.24, 2.45) is 0 Å². The molecule has 150 valence electrons. The molecule has 0 saturated heterocycles. The number of benzene rings is 1. The zero-order valence-corrected chi connectivity index (χ0v) is 17.0. The number of H-pyrrole nitrogens is 1. The van der Waals surface area contributed by atoms with Crippen molar-refractivity contribution in [1.82, 2.24) is 15.3 Å². The van der Waals surface area contributed by atoms with Gasteiger partial charge in [-0.25, -0.2) is 4.79 Å². The molecule has 0 radical (unpaired) electrons. The minimum absolute atomic E-state index is 0.162. The van der Waals surface area contributed by atoms with Crippen LogP contribution in [0.3, 0.4) is 0 Å². The van der Waals surface area contributed by atoms with Crippen LogP contribution in [0.25, 0.3) is 0 Å². The maximum absolute atomic E-state index is 12.7. The van der Waals surface area contributed by atoms with Crippen LogP contribution in [0.1, 0.15) is 42.5 Å². The summed E-state index contributed by atoms with van der Waals surface area (Å²) in [5, 5.41) is 13.8. The highest BCUT2D eigenvalue weighted by molar-refractivity contribution is 6.34. The quantitative estimate of drug-likeness (QED) is 0.639. The van der Waals surface area contributed by atoms with Crippen molar-refractivity contribution in [3.63, 3.8) is 0 Å². The summed E-state index contributed by atoms with van der Waals surface area (Å²) in [6.07, 6.45) is 4.38. The maximum atomic E-state index is 12.7. The second-order valence-corrected chi connectivity index (χ2v) is 7.90. The van der Waals surface area contributed by atoms with E-state index in [4.69, 9.17) is 23.2 Å². The van der Waals surface area contributed by atoms with Crippen molar-refractivity contribution in [2.45, 2.75) is 37.7 Å². The van der Waals surface area contributed by atoms with E-state index in [0.29, 0.717) is 29.4 Å². The number of nitrogens with zero attached hydrogens (tertiary/aromatic N) is 2. The number of aromatic amines is 1. The van der Waals surface area contributed by atoms with Crippen LogP contribution in [0, 0.1) is 0 Å². The molecule has 1 aromatic heterocycles. The zero-order valence-electron chi connectivity index (χ0n) is 15.5. The van der Waals surface area contributed by atoms with Crippen molar-refractivity contribution in [2.75, 3.05) is 18.5 Å². The fourth-order valence-corrected chi connectivity index (χ4v) is 3.72. The fraction of sp³-hybridized carbons (Fsp3) is 0.421. The fourth-order valence-electron chi connectivity index (χ4n) is 3.34. The number of aromatic nitrogens is 2. The Kier molecular flexibility index (Phi) is 6.27. The van der Waals surface area contributed by atoms with E-state index in [0.717, 1.165) is 19.3 Å². The summed E-state index contributed by atoms with van der Waals surface area (Å²) < 4.78 is 0. The number of nitrogens with one attached hydrogen (secondary N) is 2. The van der Waals surface area contributed by atoms with E-state index in [-0.39, 0.29) is 23.2 Å². The lowest BCUT2D eigenvalue weighted by molar-refractivity contribution is 0.00526. The molecule has 1 aromatic carbocycles. The number of halogens is 2. The molecular weight excluding hydrogens is 403 g/mol. The molecular formula is C19H22Cl2N4O3. The number of aliphatic hydroxyl groups is 1. The molecule has 0 aliphatic heterocycles.